The Morgan fingerprint density at radius 1 is 1.09 bits per heavy atom. The molecule has 0 aliphatic carbocycles. The molecule has 0 amide bonds. The number of Topliss-reactive ketones (excluding diaryl/α,β-unsaturated/α-hetero) is 1. The number of sulfone groups is 1. The summed E-state index contributed by atoms with van der Waals surface area (Å²) in [5.41, 5.74) is 0. The van der Waals surface area contributed by atoms with Gasteiger partial charge in [0.1, 0.15) is 0 Å². The summed E-state index contributed by atoms with van der Waals surface area (Å²) in [5, 5.41) is 0. The second kappa shape index (κ2) is 7.52. The first-order chi connectivity index (χ1) is 10.9. The van der Waals surface area contributed by atoms with E-state index in [0.29, 0.717) is 4.88 Å². The van der Waals surface area contributed by atoms with Gasteiger partial charge in [-0.15, -0.1) is 11.3 Å². The second-order valence-electron chi connectivity index (χ2n) is 4.88. The van der Waals surface area contributed by atoms with Gasteiger partial charge >= 0.3 is 5.97 Å². The van der Waals surface area contributed by atoms with Crippen molar-refractivity contribution in [2.75, 3.05) is 12.4 Å². The quantitative estimate of drug-likeness (QED) is 0.565. The van der Waals surface area contributed by atoms with E-state index in [1.165, 1.54) is 23.5 Å². The molecule has 0 radical (unpaired) electrons. The lowest BCUT2D eigenvalue weighted by Crippen LogP contribution is -2.17. The molecule has 122 valence electrons. The average Bonchev–Trinajstić information content (AvgIpc) is 2.98. The molecule has 5 nitrogen and oxygen atoms in total. The van der Waals surface area contributed by atoms with Crippen molar-refractivity contribution >= 4 is 32.9 Å². The SMILES string of the molecule is Cc1ccc(C(=O)COC(=O)CCS(=O)(=O)c2ccccc2)s1. The van der Waals surface area contributed by atoms with Crippen LogP contribution in [0, 0.1) is 6.92 Å². The van der Waals surface area contributed by atoms with Crippen molar-refractivity contribution in [3.63, 3.8) is 0 Å². The van der Waals surface area contributed by atoms with Crippen molar-refractivity contribution in [2.24, 2.45) is 0 Å². The van der Waals surface area contributed by atoms with Crippen LogP contribution >= 0.6 is 11.3 Å². The highest BCUT2D eigenvalue weighted by Crippen LogP contribution is 2.16. The summed E-state index contributed by atoms with van der Waals surface area (Å²) < 4.78 is 28.9. The van der Waals surface area contributed by atoms with Gasteiger partial charge in [0.25, 0.3) is 0 Å². The Morgan fingerprint density at radius 3 is 2.39 bits per heavy atom. The number of ether oxygens (including phenoxy) is 1. The molecular formula is C16H16O5S2. The molecule has 0 aliphatic heterocycles. The zero-order valence-corrected chi connectivity index (χ0v) is 14.2. The molecule has 0 unspecified atom stereocenters. The Morgan fingerprint density at radius 2 is 1.78 bits per heavy atom. The number of hydrogen-bond acceptors (Lipinski definition) is 6. The molecule has 1 aromatic carbocycles. The molecule has 0 spiro atoms. The number of carbonyl (C=O) groups is 2. The van der Waals surface area contributed by atoms with Crippen LogP contribution in [0.3, 0.4) is 0 Å². The fraction of sp³-hybridized carbons (Fsp3) is 0.250. The number of benzene rings is 1. The number of rotatable bonds is 7. The molecule has 2 rings (SSSR count). The van der Waals surface area contributed by atoms with E-state index in [0.717, 1.165) is 4.88 Å². The maximum Gasteiger partial charge on any atom is 0.307 e. The summed E-state index contributed by atoms with van der Waals surface area (Å²) in [6.07, 6.45) is -0.284. The van der Waals surface area contributed by atoms with Crippen LogP contribution in [0.25, 0.3) is 0 Å². The van der Waals surface area contributed by atoms with Crippen LogP contribution in [0.1, 0.15) is 21.0 Å². The molecular weight excluding hydrogens is 336 g/mol. The molecule has 1 aromatic heterocycles. The molecule has 2 aromatic rings. The van der Waals surface area contributed by atoms with Crippen molar-refractivity contribution < 1.29 is 22.7 Å². The number of carbonyl (C=O) groups excluding carboxylic acids is 2. The van der Waals surface area contributed by atoms with Gasteiger partial charge in [0.2, 0.25) is 5.78 Å². The highest BCUT2D eigenvalue weighted by Gasteiger charge is 2.18. The Balaban J connectivity index is 1.82. The van der Waals surface area contributed by atoms with E-state index in [1.807, 2.05) is 13.0 Å². The van der Waals surface area contributed by atoms with E-state index < -0.39 is 15.8 Å². The van der Waals surface area contributed by atoms with Crippen molar-refractivity contribution in [2.45, 2.75) is 18.2 Å². The van der Waals surface area contributed by atoms with Gasteiger partial charge < -0.3 is 4.74 Å². The standard InChI is InChI=1S/C16H16O5S2/c1-12-7-8-15(22-12)14(17)11-21-16(18)9-10-23(19,20)13-5-3-2-4-6-13/h2-8H,9-11H2,1H3. The summed E-state index contributed by atoms with van der Waals surface area (Å²) in [6, 6.07) is 11.4. The fourth-order valence-electron chi connectivity index (χ4n) is 1.84. The molecule has 23 heavy (non-hydrogen) atoms. The number of thiophene rings is 1. The summed E-state index contributed by atoms with van der Waals surface area (Å²) >= 11 is 1.33. The van der Waals surface area contributed by atoms with E-state index in [1.54, 1.807) is 24.3 Å². The Bertz CT molecular complexity index is 791. The van der Waals surface area contributed by atoms with Crippen LogP contribution in [-0.4, -0.2) is 32.5 Å². The molecule has 0 saturated carbocycles. The predicted octanol–water partition coefficient (Wildman–Crippen LogP) is 2.65. The molecule has 0 fully saturated rings. The van der Waals surface area contributed by atoms with Crippen molar-refractivity contribution in [1.29, 1.82) is 0 Å². The second-order valence-corrected chi connectivity index (χ2v) is 8.27. The molecule has 1 heterocycles. The van der Waals surface area contributed by atoms with Crippen molar-refractivity contribution in [3.05, 3.63) is 52.2 Å². The Labute approximate surface area is 138 Å². The molecule has 0 N–H and O–H groups in total. The number of ketones is 1. The zero-order valence-electron chi connectivity index (χ0n) is 12.5. The van der Waals surface area contributed by atoms with E-state index >= 15 is 0 Å². The summed E-state index contributed by atoms with van der Waals surface area (Å²) in [4.78, 5) is 25.1. The minimum absolute atomic E-state index is 0.165. The highest BCUT2D eigenvalue weighted by atomic mass is 32.2. The minimum Gasteiger partial charge on any atom is -0.457 e. The van der Waals surface area contributed by atoms with Crippen LogP contribution < -0.4 is 0 Å². The van der Waals surface area contributed by atoms with Gasteiger partial charge in [-0.2, -0.15) is 0 Å². The van der Waals surface area contributed by atoms with Crippen molar-refractivity contribution in [1.82, 2.24) is 0 Å². The van der Waals surface area contributed by atoms with Gasteiger partial charge in [-0.25, -0.2) is 8.42 Å². The minimum atomic E-state index is -3.53. The van der Waals surface area contributed by atoms with E-state index in [4.69, 9.17) is 4.74 Å². The van der Waals surface area contributed by atoms with Crippen LogP contribution in [0.4, 0.5) is 0 Å². The highest BCUT2D eigenvalue weighted by molar-refractivity contribution is 7.91. The first-order valence-electron chi connectivity index (χ1n) is 6.91. The van der Waals surface area contributed by atoms with E-state index in [2.05, 4.69) is 0 Å². The molecule has 0 bridgehead atoms. The Kier molecular flexibility index (Phi) is 5.68. The van der Waals surface area contributed by atoms with Crippen LogP contribution in [0.15, 0.2) is 47.4 Å². The maximum atomic E-state index is 12.0. The lowest BCUT2D eigenvalue weighted by molar-refractivity contribution is -0.142. The van der Waals surface area contributed by atoms with Gasteiger partial charge in [0.15, 0.2) is 16.4 Å². The summed E-state index contributed by atoms with van der Waals surface area (Å²) in [7, 11) is -3.53. The molecule has 0 aliphatic rings. The van der Waals surface area contributed by atoms with Gasteiger partial charge in [0, 0.05) is 4.88 Å². The normalized spacial score (nSPS) is 11.2. The first kappa shape index (κ1) is 17.4. The molecule has 7 heteroatoms. The van der Waals surface area contributed by atoms with Crippen LogP contribution in [0.5, 0.6) is 0 Å². The lowest BCUT2D eigenvalue weighted by Gasteiger charge is -2.05. The average molecular weight is 352 g/mol. The maximum absolute atomic E-state index is 12.0. The monoisotopic (exact) mass is 352 g/mol. The largest absolute Gasteiger partial charge is 0.457 e. The lowest BCUT2D eigenvalue weighted by atomic mass is 10.3. The van der Waals surface area contributed by atoms with Gasteiger partial charge in [-0.3, -0.25) is 9.59 Å². The Hall–Kier alpha value is -1.99. The van der Waals surface area contributed by atoms with Crippen molar-refractivity contribution in [3.8, 4) is 0 Å². The third-order valence-electron chi connectivity index (χ3n) is 3.06. The summed E-state index contributed by atoms with van der Waals surface area (Å²) in [6.45, 7) is 1.51. The van der Waals surface area contributed by atoms with E-state index in [9.17, 15) is 18.0 Å². The number of hydrogen-bond donors (Lipinski definition) is 0. The topological polar surface area (TPSA) is 77.5 Å². The number of aryl methyl sites for hydroxylation is 1. The third-order valence-corrected chi connectivity index (χ3v) is 5.83. The smallest absolute Gasteiger partial charge is 0.307 e. The fourth-order valence-corrected chi connectivity index (χ4v) is 3.87. The molecule has 0 saturated heterocycles. The van der Waals surface area contributed by atoms with Crippen LogP contribution in [-0.2, 0) is 19.4 Å². The third kappa shape index (κ3) is 5.01. The van der Waals surface area contributed by atoms with E-state index in [-0.39, 0.29) is 29.5 Å². The predicted molar refractivity (Wildman–Crippen MR) is 87.5 cm³/mol. The van der Waals surface area contributed by atoms with Gasteiger partial charge in [-0.05, 0) is 31.2 Å². The molecule has 0 atom stereocenters. The summed E-state index contributed by atoms with van der Waals surface area (Å²) in [5.74, 6) is -1.34. The van der Waals surface area contributed by atoms with Gasteiger partial charge in [0.05, 0.1) is 21.9 Å². The first-order valence-corrected chi connectivity index (χ1v) is 9.38. The number of esters is 1. The van der Waals surface area contributed by atoms with Crippen LogP contribution in [0.2, 0.25) is 0 Å². The van der Waals surface area contributed by atoms with Gasteiger partial charge in [-0.1, -0.05) is 18.2 Å². The zero-order chi connectivity index (χ0) is 16.9.